The Balaban J connectivity index is 2.06. The summed E-state index contributed by atoms with van der Waals surface area (Å²) < 4.78 is 11.9. The monoisotopic (exact) mass is 285 g/mol. The van der Waals surface area contributed by atoms with Gasteiger partial charge in [-0.2, -0.15) is 0 Å². The predicted octanol–water partition coefficient (Wildman–Crippen LogP) is 2.78. The molecule has 0 bridgehead atoms. The molecule has 0 aliphatic carbocycles. The molecule has 6 nitrogen and oxygen atoms in total. The number of hydrogen-bond acceptors (Lipinski definition) is 5. The van der Waals surface area contributed by atoms with Crippen LogP contribution in [0.25, 0.3) is 16.8 Å². The summed E-state index contributed by atoms with van der Waals surface area (Å²) in [5.41, 5.74) is 3.74. The van der Waals surface area contributed by atoms with Gasteiger partial charge in [-0.05, 0) is 32.9 Å². The Morgan fingerprint density at radius 3 is 2.81 bits per heavy atom. The molecule has 3 heterocycles. The molecule has 108 valence electrons. The Bertz CT molecular complexity index is 797. The second-order valence-corrected chi connectivity index (χ2v) is 4.73. The fraction of sp³-hybridized carbons (Fsp3) is 0.267. The van der Waals surface area contributed by atoms with Gasteiger partial charge in [-0.15, -0.1) is 0 Å². The third kappa shape index (κ3) is 2.29. The fourth-order valence-electron chi connectivity index (χ4n) is 2.34. The smallest absolute Gasteiger partial charge is 0.358 e. The number of fused-ring (bicyclic) bond motifs is 1. The summed E-state index contributed by atoms with van der Waals surface area (Å²) in [7, 11) is 0. The highest BCUT2D eigenvalue weighted by Crippen LogP contribution is 2.27. The van der Waals surface area contributed by atoms with Crippen molar-refractivity contribution in [2.24, 2.45) is 0 Å². The van der Waals surface area contributed by atoms with E-state index in [1.807, 2.05) is 32.2 Å². The Kier molecular flexibility index (Phi) is 3.21. The van der Waals surface area contributed by atoms with Gasteiger partial charge in [-0.3, -0.25) is 0 Å². The van der Waals surface area contributed by atoms with E-state index >= 15 is 0 Å². The van der Waals surface area contributed by atoms with Gasteiger partial charge in [0.15, 0.2) is 5.69 Å². The zero-order valence-corrected chi connectivity index (χ0v) is 12.1. The molecule has 0 aliphatic heterocycles. The van der Waals surface area contributed by atoms with Crippen molar-refractivity contribution in [1.29, 1.82) is 0 Å². The van der Waals surface area contributed by atoms with Gasteiger partial charge in [0.25, 0.3) is 0 Å². The summed E-state index contributed by atoms with van der Waals surface area (Å²) in [5.74, 6) is 0.345. The molecule has 0 fully saturated rings. The van der Waals surface area contributed by atoms with E-state index in [9.17, 15) is 4.79 Å². The molecule has 21 heavy (non-hydrogen) atoms. The molecule has 0 aromatic carbocycles. The average molecular weight is 285 g/mol. The minimum absolute atomic E-state index is 0.299. The molecule has 0 saturated heterocycles. The highest BCUT2D eigenvalue weighted by molar-refractivity contribution is 5.88. The van der Waals surface area contributed by atoms with E-state index in [4.69, 9.17) is 9.26 Å². The van der Waals surface area contributed by atoms with Gasteiger partial charge < -0.3 is 13.7 Å². The lowest BCUT2D eigenvalue weighted by atomic mass is 10.1. The molecule has 0 N–H and O–H groups in total. The van der Waals surface area contributed by atoms with Crippen LogP contribution in [0.2, 0.25) is 0 Å². The van der Waals surface area contributed by atoms with Gasteiger partial charge in [0.2, 0.25) is 0 Å². The first kappa shape index (κ1) is 13.4. The Labute approximate surface area is 121 Å². The van der Waals surface area contributed by atoms with Crippen LogP contribution in [0.1, 0.15) is 28.9 Å². The Morgan fingerprint density at radius 2 is 2.14 bits per heavy atom. The predicted molar refractivity (Wildman–Crippen MR) is 76.1 cm³/mol. The van der Waals surface area contributed by atoms with Gasteiger partial charge in [-0.25, -0.2) is 9.78 Å². The van der Waals surface area contributed by atoms with Crippen LogP contribution in [0, 0.1) is 13.8 Å². The van der Waals surface area contributed by atoms with Crippen molar-refractivity contribution in [3.05, 3.63) is 41.7 Å². The number of nitrogens with zero attached hydrogens (tertiary/aromatic N) is 3. The summed E-state index contributed by atoms with van der Waals surface area (Å²) in [6.45, 7) is 5.87. The highest BCUT2D eigenvalue weighted by Gasteiger charge is 2.15. The maximum absolute atomic E-state index is 11.7. The molecule has 3 rings (SSSR count). The molecule has 0 atom stereocenters. The van der Waals surface area contributed by atoms with E-state index in [1.165, 1.54) is 0 Å². The molecule has 0 unspecified atom stereocenters. The molecule has 0 radical (unpaired) electrons. The first-order valence-electron chi connectivity index (χ1n) is 6.69. The lowest BCUT2D eigenvalue weighted by molar-refractivity contribution is 0.0520. The van der Waals surface area contributed by atoms with Crippen LogP contribution >= 0.6 is 0 Å². The topological polar surface area (TPSA) is 69.6 Å². The number of carbonyl (C=O) groups is 1. The third-order valence-corrected chi connectivity index (χ3v) is 3.26. The maximum atomic E-state index is 11.7. The summed E-state index contributed by atoms with van der Waals surface area (Å²) >= 11 is 0. The Hall–Kier alpha value is -2.63. The SMILES string of the molecule is CCOC(=O)c1cn2cc(-c3c(C)noc3C)ccc2n1. The number of aromatic nitrogens is 3. The van der Waals surface area contributed by atoms with E-state index in [0.29, 0.717) is 17.9 Å². The first-order valence-corrected chi connectivity index (χ1v) is 6.69. The van der Waals surface area contributed by atoms with Crippen molar-refractivity contribution in [1.82, 2.24) is 14.5 Å². The first-order chi connectivity index (χ1) is 10.1. The standard InChI is InChI=1S/C15H15N3O3/c1-4-20-15(19)12-8-18-7-11(5-6-13(18)16-12)14-9(2)17-21-10(14)3/h5-8H,4H2,1-3H3. The molecule has 6 heteroatoms. The number of esters is 1. The van der Waals surface area contributed by atoms with Gasteiger partial charge in [0.1, 0.15) is 11.4 Å². The lowest BCUT2D eigenvalue weighted by Gasteiger charge is -2.01. The van der Waals surface area contributed by atoms with Crippen LogP contribution in [-0.4, -0.2) is 27.1 Å². The molecule has 0 saturated carbocycles. The molecule has 0 spiro atoms. The number of ether oxygens (including phenoxy) is 1. The molecule has 3 aromatic heterocycles. The molecular weight excluding hydrogens is 270 g/mol. The number of imidazole rings is 1. The van der Waals surface area contributed by atoms with Crippen molar-refractivity contribution in [2.45, 2.75) is 20.8 Å². The van der Waals surface area contributed by atoms with Crippen LogP contribution in [0.4, 0.5) is 0 Å². The second kappa shape index (κ2) is 5.05. The van der Waals surface area contributed by atoms with E-state index < -0.39 is 5.97 Å². The quantitative estimate of drug-likeness (QED) is 0.692. The van der Waals surface area contributed by atoms with E-state index in [0.717, 1.165) is 22.6 Å². The van der Waals surface area contributed by atoms with Crippen molar-refractivity contribution >= 4 is 11.6 Å². The summed E-state index contributed by atoms with van der Waals surface area (Å²) in [6.07, 6.45) is 3.56. The average Bonchev–Trinajstić information content (AvgIpc) is 3.02. The summed E-state index contributed by atoms with van der Waals surface area (Å²) in [4.78, 5) is 16.0. The van der Waals surface area contributed by atoms with Crippen LogP contribution in [0.5, 0.6) is 0 Å². The molecule has 3 aromatic rings. The van der Waals surface area contributed by atoms with E-state index in [-0.39, 0.29) is 0 Å². The largest absolute Gasteiger partial charge is 0.461 e. The van der Waals surface area contributed by atoms with Gasteiger partial charge in [-0.1, -0.05) is 5.16 Å². The number of carbonyl (C=O) groups excluding carboxylic acids is 1. The number of pyridine rings is 1. The van der Waals surface area contributed by atoms with Crippen molar-refractivity contribution in [3.8, 4) is 11.1 Å². The fourth-order valence-corrected chi connectivity index (χ4v) is 2.34. The van der Waals surface area contributed by atoms with Crippen LogP contribution in [0.15, 0.2) is 29.0 Å². The number of aryl methyl sites for hydroxylation is 2. The lowest BCUT2D eigenvalue weighted by Crippen LogP contribution is -2.04. The Morgan fingerprint density at radius 1 is 1.33 bits per heavy atom. The van der Waals surface area contributed by atoms with Crippen LogP contribution in [-0.2, 0) is 4.74 Å². The third-order valence-electron chi connectivity index (χ3n) is 3.26. The van der Waals surface area contributed by atoms with Crippen molar-refractivity contribution < 1.29 is 14.1 Å². The molecule has 0 aliphatic rings. The van der Waals surface area contributed by atoms with Crippen molar-refractivity contribution in [2.75, 3.05) is 6.61 Å². The van der Waals surface area contributed by atoms with E-state index in [2.05, 4.69) is 10.1 Å². The summed E-state index contributed by atoms with van der Waals surface area (Å²) in [5, 5.41) is 3.96. The zero-order chi connectivity index (χ0) is 15.0. The maximum Gasteiger partial charge on any atom is 0.358 e. The second-order valence-electron chi connectivity index (χ2n) is 4.73. The molecule has 0 amide bonds. The van der Waals surface area contributed by atoms with Gasteiger partial charge >= 0.3 is 5.97 Å². The number of rotatable bonds is 3. The van der Waals surface area contributed by atoms with E-state index in [1.54, 1.807) is 17.5 Å². The van der Waals surface area contributed by atoms with Gasteiger partial charge in [0, 0.05) is 23.5 Å². The highest BCUT2D eigenvalue weighted by atomic mass is 16.5. The normalized spacial score (nSPS) is 11.0. The van der Waals surface area contributed by atoms with Crippen LogP contribution < -0.4 is 0 Å². The number of hydrogen-bond donors (Lipinski definition) is 0. The zero-order valence-electron chi connectivity index (χ0n) is 12.1. The summed E-state index contributed by atoms with van der Waals surface area (Å²) in [6, 6.07) is 3.79. The minimum atomic E-state index is -0.417. The van der Waals surface area contributed by atoms with Crippen LogP contribution in [0.3, 0.4) is 0 Å². The van der Waals surface area contributed by atoms with Crippen molar-refractivity contribution in [3.63, 3.8) is 0 Å². The molecular formula is C15H15N3O3. The van der Waals surface area contributed by atoms with Gasteiger partial charge in [0.05, 0.1) is 12.3 Å². The minimum Gasteiger partial charge on any atom is -0.461 e.